The third-order valence-corrected chi connectivity index (χ3v) is 2.65. The van der Waals surface area contributed by atoms with Gasteiger partial charge in [0.25, 0.3) is 0 Å². The fourth-order valence-electron chi connectivity index (χ4n) is 1.62. The minimum absolute atomic E-state index is 0.194. The maximum Gasteiger partial charge on any atom is 0.333 e. The van der Waals surface area contributed by atoms with Crippen LogP contribution in [0.4, 0.5) is 5.69 Å². The van der Waals surface area contributed by atoms with Crippen molar-refractivity contribution in [2.24, 2.45) is 0 Å². The normalized spacial score (nSPS) is 11.5. The van der Waals surface area contributed by atoms with Gasteiger partial charge in [-0.3, -0.25) is 4.79 Å². The average molecular weight is 261 g/mol. The molecular weight excluding hydrogens is 242 g/mol. The lowest BCUT2D eigenvalue weighted by atomic mass is 10.0. The third kappa shape index (κ3) is 4.25. The van der Waals surface area contributed by atoms with Gasteiger partial charge in [0.15, 0.2) is 11.8 Å². The summed E-state index contributed by atoms with van der Waals surface area (Å²) in [5.41, 5.74) is 2.00. The molecule has 1 rings (SSSR count). The van der Waals surface area contributed by atoms with E-state index >= 15 is 0 Å². The van der Waals surface area contributed by atoms with Crippen molar-refractivity contribution >= 4 is 17.4 Å². The maximum absolute atomic E-state index is 11.9. The van der Waals surface area contributed by atoms with Crippen LogP contribution in [0.3, 0.4) is 0 Å². The molecule has 1 aromatic rings. The van der Waals surface area contributed by atoms with Gasteiger partial charge in [-0.1, -0.05) is 18.7 Å². The quantitative estimate of drug-likeness (QED) is 0.631. The Bertz CT molecular complexity index is 494. The van der Waals surface area contributed by atoms with E-state index in [4.69, 9.17) is 4.74 Å². The summed E-state index contributed by atoms with van der Waals surface area (Å²) in [4.78, 5) is 23.3. The molecule has 0 aromatic heterocycles. The Morgan fingerprint density at radius 1 is 1.42 bits per heavy atom. The van der Waals surface area contributed by atoms with Gasteiger partial charge in [-0.25, -0.2) is 4.79 Å². The number of ether oxygens (including phenoxy) is 1. The molecule has 102 valence electrons. The van der Waals surface area contributed by atoms with Crippen LogP contribution >= 0.6 is 0 Å². The summed E-state index contributed by atoms with van der Waals surface area (Å²) in [6.07, 6.45) is 0. The summed E-state index contributed by atoms with van der Waals surface area (Å²) in [6.45, 7) is 8.97. The second kappa shape index (κ2) is 6.73. The molecule has 4 heteroatoms. The molecule has 1 unspecified atom stereocenters. The zero-order valence-corrected chi connectivity index (χ0v) is 11.5. The van der Waals surface area contributed by atoms with Crippen LogP contribution in [0.2, 0.25) is 0 Å². The van der Waals surface area contributed by atoms with Crippen LogP contribution in [-0.2, 0) is 14.3 Å². The van der Waals surface area contributed by atoms with Gasteiger partial charge in [-0.2, -0.15) is 0 Å². The van der Waals surface area contributed by atoms with Crippen molar-refractivity contribution in [3.63, 3.8) is 0 Å². The number of aryl methyl sites for hydroxylation is 1. The first-order valence-electron chi connectivity index (χ1n) is 6.15. The van der Waals surface area contributed by atoms with Crippen molar-refractivity contribution in [3.05, 3.63) is 42.0 Å². The van der Waals surface area contributed by atoms with E-state index in [-0.39, 0.29) is 18.0 Å². The molecule has 4 nitrogen and oxygen atoms in total. The molecule has 1 atom stereocenters. The van der Waals surface area contributed by atoms with Crippen LogP contribution in [0.5, 0.6) is 0 Å². The largest absolute Gasteiger partial charge is 0.464 e. The molecule has 0 aliphatic carbocycles. The highest BCUT2D eigenvalue weighted by Gasteiger charge is 2.25. The predicted molar refractivity (Wildman–Crippen MR) is 75.0 cm³/mol. The van der Waals surface area contributed by atoms with Gasteiger partial charge in [0.2, 0.25) is 0 Å². The predicted octanol–water partition coefficient (Wildman–Crippen LogP) is 2.48. The molecule has 0 saturated carbocycles. The second-order valence-electron chi connectivity index (χ2n) is 4.28. The Kier molecular flexibility index (Phi) is 5.30. The Hall–Kier alpha value is -2.10. The van der Waals surface area contributed by atoms with E-state index in [1.165, 1.54) is 6.92 Å². The molecule has 1 N–H and O–H groups in total. The van der Waals surface area contributed by atoms with Crippen LogP contribution in [0.1, 0.15) is 19.4 Å². The monoisotopic (exact) mass is 261 g/mol. The van der Waals surface area contributed by atoms with Crippen molar-refractivity contribution in [3.8, 4) is 0 Å². The molecule has 0 radical (unpaired) electrons. The van der Waals surface area contributed by atoms with E-state index in [1.54, 1.807) is 6.92 Å². The summed E-state index contributed by atoms with van der Waals surface area (Å²) in [5, 5.41) is 2.99. The van der Waals surface area contributed by atoms with Crippen molar-refractivity contribution < 1.29 is 14.3 Å². The first-order valence-corrected chi connectivity index (χ1v) is 6.15. The number of carbonyl (C=O) groups excluding carboxylic acids is 2. The number of hydrogen-bond donors (Lipinski definition) is 1. The third-order valence-electron chi connectivity index (χ3n) is 2.65. The van der Waals surface area contributed by atoms with Crippen LogP contribution in [-0.4, -0.2) is 24.4 Å². The number of esters is 1. The number of carbonyl (C=O) groups is 2. The van der Waals surface area contributed by atoms with Gasteiger partial charge >= 0.3 is 5.97 Å². The van der Waals surface area contributed by atoms with Gasteiger partial charge < -0.3 is 10.1 Å². The van der Waals surface area contributed by atoms with Gasteiger partial charge in [0.1, 0.15) is 0 Å². The zero-order chi connectivity index (χ0) is 14.4. The fraction of sp³-hybridized carbons (Fsp3) is 0.333. The number of hydrogen-bond acceptors (Lipinski definition) is 4. The number of benzene rings is 1. The van der Waals surface area contributed by atoms with Crippen LogP contribution in [0, 0.1) is 6.92 Å². The Morgan fingerprint density at radius 3 is 2.63 bits per heavy atom. The van der Waals surface area contributed by atoms with E-state index in [1.807, 2.05) is 31.2 Å². The number of nitrogens with one attached hydrogen (secondary N) is 1. The minimum Gasteiger partial charge on any atom is -0.464 e. The minimum atomic E-state index is -0.848. The molecule has 0 bridgehead atoms. The Balaban J connectivity index is 2.94. The zero-order valence-electron chi connectivity index (χ0n) is 11.5. The highest BCUT2D eigenvalue weighted by Crippen LogP contribution is 2.15. The SMILES string of the molecule is C=C(C(C)=O)C(Nc1cccc(C)c1)C(=O)OCC. The molecule has 0 amide bonds. The smallest absolute Gasteiger partial charge is 0.333 e. The maximum atomic E-state index is 11.9. The molecular formula is C15H19NO3. The molecule has 0 heterocycles. The first kappa shape index (κ1) is 15.0. The summed E-state index contributed by atoms with van der Waals surface area (Å²) in [6, 6.07) is 6.69. The number of rotatable bonds is 6. The standard InChI is InChI=1S/C15H19NO3/c1-5-19-15(18)14(11(3)12(4)17)16-13-8-6-7-10(2)9-13/h6-9,14,16H,3,5H2,1-2,4H3. The lowest BCUT2D eigenvalue weighted by molar-refractivity contribution is -0.143. The van der Waals surface area contributed by atoms with E-state index in [9.17, 15) is 9.59 Å². The highest BCUT2D eigenvalue weighted by atomic mass is 16.5. The van der Waals surface area contributed by atoms with Crippen molar-refractivity contribution in [1.82, 2.24) is 0 Å². The lowest BCUT2D eigenvalue weighted by Crippen LogP contribution is -2.35. The van der Waals surface area contributed by atoms with E-state index < -0.39 is 12.0 Å². The molecule has 0 fully saturated rings. The van der Waals surface area contributed by atoms with Crippen molar-refractivity contribution in [2.45, 2.75) is 26.8 Å². The molecule has 0 spiro atoms. The summed E-state index contributed by atoms with van der Waals surface area (Å²) in [5.74, 6) is -0.734. The first-order chi connectivity index (χ1) is 8.95. The van der Waals surface area contributed by atoms with Gasteiger partial charge in [-0.15, -0.1) is 0 Å². The number of anilines is 1. The summed E-state index contributed by atoms with van der Waals surface area (Å²) in [7, 11) is 0. The van der Waals surface area contributed by atoms with E-state index in [0.29, 0.717) is 0 Å². The van der Waals surface area contributed by atoms with Gasteiger partial charge in [0, 0.05) is 11.3 Å². The number of Topliss-reactive ketones (excluding diaryl/α,β-unsaturated/α-hetero) is 1. The van der Waals surface area contributed by atoms with Crippen molar-refractivity contribution in [2.75, 3.05) is 11.9 Å². The van der Waals surface area contributed by atoms with Crippen LogP contribution in [0.15, 0.2) is 36.4 Å². The Morgan fingerprint density at radius 2 is 2.11 bits per heavy atom. The fourth-order valence-corrected chi connectivity index (χ4v) is 1.62. The molecule has 0 saturated heterocycles. The summed E-state index contributed by atoms with van der Waals surface area (Å²) < 4.78 is 4.96. The topological polar surface area (TPSA) is 55.4 Å². The molecule has 19 heavy (non-hydrogen) atoms. The number of ketones is 1. The van der Waals surface area contributed by atoms with Gasteiger partial charge in [0.05, 0.1) is 6.61 Å². The van der Waals surface area contributed by atoms with Crippen LogP contribution < -0.4 is 5.32 Å². The molecule has 0 aliphatic rings. The summed E-state index contributed by atoms with van der Waals surface area (Å²) >= 11 is 0. The second-order valence-corrected chi connectivity index (χ2v) is 4.28. The molecule has 1 aromatic carbocycles. The average Bonchev–Trinajstić information content (AvgIpc) is 2.35. The lowest BCUT2D eigenvalue weighted by Gasteiger charge is -2.19. The van der Waals surface area contributed by atoms with E-state index in [0.717, 1.165) is 11.3 Å². The molecule has 0 aliphatic heterocycles. The van der Waals surface area contributed by atoms with E-state index in [2.05, 4.69) is 11.9 Å². The van der Waals surface area contributed by atoms with Gasteiger partial charge in [-0.05, 0) is 38.5 Å². The Labute approximate surface area is 113 Å². The van der Waals surface area contributed by atoms with Crippen LogP contribution in [0.25, 0.3) is 0 Å². The van der Waals surface area contributed by atoms with Crippen molar-refractivity contribution in [1.29, 1.82) is 0 Å². The highest BCUT2D eigenvalue weighted by molar-refractivity contribution is 6.01.